The lowest BCUT2D eigenvalue weighted by Crippen LogP contribution is -2.52. The Morgan fingerprint density at radius 2 is 2.26 bits per heavy atom. The maximum Gasteiger partial charge on any atom is 0.257 e. The number of rotatable bonds is 2. The van der Waals surface area contributed by atoms with Gasteiger partial charge in [-0.15, -0.1) is 0 Å². The summed E-state index contributed by atoms with van der Waals surface area (Å²) in [7, 11) is 3.87. The summed E-state index contributed by atoms with van der Waals surface area (Å²) in [5.74, 6) is 0.665. The van der Waals surface area contributed by atoms with Crippen LogP contribution in [0.3, 0.4) is 0 Å². The first-order valence-electron chi connectivity index (χ1n) is 6.35. The number of nitrogens with zero attached hydrogens (tertiary/aromatic N) is 3. The molecule has 2 rings (SSSR count). The number of hydrogen-bond donors (Lipinski definition) is 1. The maximum absolute atomic E-state index is 12.6. The molecule has 1 aromatic rings. The van der Waals surface area contributed by atoms with Gasteiger partial charge in [0, 0.05) is 43.4 Å². The first-order chi connectivity index (χ1) is 9.02. The van der Waals surface area contributed by atoms with Gasteiger partial charge in [-0.25, -0.2) is 4.98 Å². The van der Waals surface area contributed by atoms with Gasteiger partial charge in [0.05, 0.1) is 5.56 Å². The molecule has 1 aliphatic heterocycles. The first-order valence-corrected chi connectivity index (χ1v) is 7.15. The molecule has 0 bridgehead atoms. The van der Waals surface area contributed by atoms with Crippen LogP contribution in [0.25, 0.3) is 0 Å². The van der Waals surface area contributed by atoms with Crippen LogP contribution in [0.2, 0.25) is 0 Å². The van der Waals surface area contributed by atoms with Crippen molar-refractivity contribution in [2.75, 3.05) is 39.0 Å². The lowest BCUT2D eigenvalue weighted by atomic mass is 10.1. The molecule has 0 aromatic carbocycles. The molecule has 104 valence electrons. The molecule has 0 aliphatic carbocycles. The zero-order valence-corrected chi connectivity index (χ0v) is 13.1. The quantitative estimate of drug-likeness (QED) is 0.898. The molecule has 0 radical (unpaired) electrons. The Kier molecular flexibility index (Phi) is 4.42. The van der Waals surface area contributed by atoms with E-state index >= 15 is 0 Å². The number of piperazine rings is 1. The Balaban J connectivity index is 2.22. The van der Waals surface area contributed by atoms with Gasteiger partial charge in [0.1, 0.15) is 5.82 Å². The van der Waals surface area contributed by atoms with E-state index in [1.165, 1.54) is 0 Å². The Labute approximate surface area is 122 Å². The third-order valence-corrected chi connectivity index (χ3v) is 4.00. The van der Waals surface area contributed by atoms with Crippen LogP contribution >= 0.6 is 15.9 Å². The van der Waals surface area contributed by atoms with Gasteiger partial charge in [-0.1, -0.05) is 0 Å². The summed E-state index contributed by atoms with van der Waals surface area (Å²) < 4.78 is 0.817. The molecule has 1 amide bonds. The van der Waals surface area contributed by atoms with Crippen molar-refractivity contribution in [3.8, 4) is 0 Å². The topological polar surface area (TPSA) is 48.5 Å². The smallest absolute Gasteiger partial charge is 0.257 e. The molecule has 1 N–H and O–H groups in total. The minimum atomic E-state index is 0.0399. The average Bonchev–Trinajstić information content (AvgIpc) is 2.41. The van der Waals surface area contributed by atoms with E-state index in [1.54, 1.807) is 13.2 Å². The molecule has 5 nitrogen and oxygen atoms in total. The van der Waals surface area contributed by atoms with Crippen LogP contribution in [0, 0.1) is 0 Å². The molecule has 1 aromatic heterocycles. The molecule has 1 atom stereocenters. The number of carbonyl (C=O) groups is 1. The van der Waals surface area contributed by atoms with Crippen molar-refractivity contribution in [3.63, 3.8) is 0 Å². The monoisotopic (exact) mass is 326 g/mol. The number of amides is 1. The number of likely N-dealkylation sites (N-methyl/N-ethyl adjacent to an activating group) is 1. The van der Waals surface area contributed by atoms with E-state index in [0.29, 0.717) is 17.4 Å². The highest BCUT2D eigenvalue weighted by molar-refractivity contribution is 9.10. The summed E-state index contributed by atoms with van der Waals surface area (Å²) in [4.78, 5) is 21.0. The van der Waals surface area contributed by atoms with Gasteiger partial charge in [0.2, 0.25) is 0 Å². The van der Waals surface area contributed by atoms with E-state index in [1.807, 2.05) is 11.0 Å². The number of carbonyl (C=O) groups excluding carboxylic acids is 1. The number of anilines is 1. The average molecular weight is 327 g/mol. The predicted octanol–water partition coefficient (Wildman–Crippen LogP) is 1.66. The molecular weight excluding hydrogens is 308 g/mol. The third-order valence-electron chi connectivity index (χ3n) is 3.57. The van der Waals surface area contributed by atoms with Gasteiger partial charge in [-0.3, -0.25) is 4.79 Å². The number of nitrogens with one attached hydrogen (secondary N) is 1. The second kappa shape index (κ2) is 5.88. The molecular formula is C13H19BrN4O. The van der Waals surface area contributed by atoms with Gasteiger partial charge in [0.25, 0.3) is 5.91 Å². The SMILES string of the molecule is CNc1ncc(Br)cc1C(=O)N1CCN(C)C(C)C1. The normalized spacial score (nSPS) is 20.4. The van der Waals surface area contributed by atoms with Crippen LogP contribution in [0.5, 0.6) is 0 Å². The molecule has 19 heavy (non-hydrogen) atoms. The van der Waals surface area contributed by atoms with Crippen LogP contribution in [-0.2, 0) is 0 Å². The van der Waals surface area contributed by atoms with Gasteiger partial charge in [0.15, 0.2) is 0 Å². The van der Waals surface area contributed by atoms with Crippen molar-refractivity contribution in [1.82, 2.24) is 14.8 Å². The molecule has 1 saturated heterocycles. The van der Waals surface area contributed by atoms with Gasteiger partial charge >= 0.3 is 0 Å². The second-order valence-electron chi connectivity index (χ2n) is 4.88. The second-order valence-corrected chi connectivity index (χ2v) is 5.80. The number of pyridine rings is 1. The van der Waals surface area contributed by atoms with Crippen molar-refractivity contribution >= 4 is 27.7 Å². The summed E-state index contributed by atoms with van der Waals surface area (Å²) in [5, 5.41) is 2.97. The number of halogens is 1. The molecule has 1 aliphatic rings. The van der Waals surface area contributed by atoms with E-state index in [4.69, 9.17) is 0 Å². The molecule has 1 unspecified atom stereocenters. The maximum atomic E-state index is 12.6. The zero-order valence-electron chi connectivity index (χ0n) is 11.5. The van der Waals surface area contributed by atoms with Crippen LogP contribution in [0.1, 0.15) is 17.3 Å². The standard InChI is InChI=1S/C13H19BrN4O/c1-9-8-18(5-4-17(9)3)13(19)11-6-10(14)7-16-12(11)15-2/h6-7,9H,4-5,8H2,1-3H3,(H,15,16). The largest absolute Gasteiger partial charge is 0.372 e. The summed E-state index contributed by atoms with van der Waals surface area (Å²) in [6.45, 7) is 4.56. The fourth-order valence-corrected chi connectivity index (χ4v) is 2.54. The fourth-order valence-electron chi connectivity index (χ4n) is 2.20. The zero-order chi connectivity index (χ0) is 14.0. The van der Waals surface area contributed by atoms with Crippen molar-refractivity contribution in [3.05, 3.63) is 22.3 Å². The van der Waals surface area contributed by atoms with Crippen LogP contribution in [0.4, 0.5) is 5.82 Å². The van der Waals surface area contributed by atoms with Crippen molar-refractivity contribution in [2.45, 2.75) is 13.0 Å². The highest BCUT2D eigenvalue weighted by Crippen LogP contribution is 2.20. The highest BCUT2D eigenvalue weighted by atomic mass is 79.9. The van der Waals surface area contributed by atoms with Crippen LogP contribution < -0.4 is 5.32 Å². The predicted molar refractivity (Wildman–Crippen MR) is 79.5 cm³/mol. The lowest BCUT2D eigenvalue weighted by molar-refractivity contribution is 0.0573. The van der Waals surface area contributed by atoms with E-state index in [9.17, 15) is 4.79 Å². The summed E-state index contributed by atoms with van der Waals surface area (Å²) >= 11 is 3.37. The lowest BCUT2D eigenvalue weighted by Gasteiger charge is -2.37. The Hall–Kier alpha value is -1.14. The van der Waals surface area contributed by atoms with Gasteiger partial charge in [-0.2, -0.15) is 0 Å². The van der Waals surface area contributed by atoms with Crippen molar-refractivity contribution < 1.29 is 4.79 Å². The van der Waals surface area contributed by atoms with E-state index in [-0.39, 0.29) is 5.91 Å². The highest BCUT2D eigenvalue weighted by Gasteiger charge is 2.26. The minimum absolute atomic E-state index is 0.0399. The third kappa shape index (κ3) is 3.06. The number of aromatic nitrogens is 1. The Morgan fingerprint density at radius 3 is 2.89 bits per heavy atom. The van der Waals surface area contributed by atoms with E-state index in [2.05, 4.69) is 45.1 Å². The van der Waals surface area contributed by atoms with Crippen LogP contribution in [-0.4, -0.2) is 60.5 Å². The first kappa shape index (κ1) is 14.3. The van der Waals surface area contributed by atoms with Gasteiger partial charge in [-0.05, 0) is 36.0 Å². The van der Waals surface area contributed by atoms with Crippen molar-refractivity contribution in [2.24, 2.45) is 0 Å². The van der Waals surface area contributed by atoms with E-state index < -0.39 is 0 Å². The molecule has 6 heteroatoms. The van der Waals surface area contributed by atoms with E-state index in [0.717, 1.165) is 24.1 Å². The summed E-state index contributed by atoms with van der Waals surface area (Å²) in [6, 6.07) is 2.21. The molecule has 1 fully saturated rings. The number of hydrogen-bond acceptors (Lipinski definition) is 4. The van der Waals surface area contributed by atoms with Crippen molar-refractivity contribution in [1.29, 1.82) is 0 Å². The minimum Gasteiger partial charge on any atom is -0.372 e. The molecule has 0 saturated carbocycles. The molecule has 0 spiro atoms. The summed E-state index contributed by atoms with van der Waals surface area (Å²) in [6.07, 6.45) is 1.69. The van der Waals surface area contributed by atoms with Gasteiger partial charge < -0.3 is 15.1 Å². The fraction of sp³-hybridized carbons (Fsp3) is 0.538. The molecule has 2 heterocycles. The van der Waals surface area contributed by atoms with Crippen LogP contribution in [0.15, 0.2) is 16.7 Å². The summed E-state index contributed by atoms with van der Waals surface area (Å²) in [5.41, 5.74) is 0.619. The Bertz CT molecular complexity index is 480. The Morgan fingerprint density at radius 1 is 1.53 bits per heavy atom.